The molecule has 3 aromatic heterocycles. The number of fused-ring (bicyclic) bond motifs is 1. The van der Waals surface area contributed by atoms with Crippen LogP contribution >= 0.6 is 22.9 Å². The van der Waals surface area contributed by atoms with E-state index in [1.54, 1.807) is 15.7 Å². The van der Waals surface area contributed by atoms with Crippen LogP contribution in [0.15, 0.2) is 29.9 Å². The molecule has 4 rings (SSSR count). The first-order valence-corrected chi connectivity index (χ1v) is 9.78. The Hall–Kier alpha value is -2.66. The number of carbonyl (C=O) groups is 2. The van der Waals surface area contributed by atoms with Gasteiger partial charge in [-0.2, -0.15) is 13.2 Å². The van der Waals surface area contributed by atoms with Gasteiger partial charge < -0.3 is 14.6 Å². The molecule has 1 aliphatic heterocycles. The number of hydrogen-bond acceptors (Lipinski definition) is 4. The van der Waals surface area contributed by atoms with Gasteiger partial charge in [0, 0.05) is 41.3 Å². The van der Waals surface area contributed by atoms with E-state index in [4.69, 9.17) is 21.5 Å². The van der Waals surface area contributed by atoms with E-state index in [0.29, 0.717) is 10.5 Å². The quantitative estimate of drug-likeness (QED) is 0.583. The highest BCUT2D eigenvalue weighted by Crippen LogP contribution is 2.31. The van der Waals surface area contributed by atoms with Gasteiger partial charge in [-0.25, -0.2) is 9.18 Å². The molecule has 1 amide bonds. The van der Waals surface area contributed by atoms with E-state index in [1.807, 2.05) is 17.5 Å². The highest BCUT2D eigenvalue weighted by Gasteiger charge is 2.38. The molecule has 6 nitrogen and oxygen atoms in total. The van der Waals surface area contributed by atoms with Gasteiger partial charge in [0.15, 0.2) is 5.82 Å². The zero-order valence-electron chi connectivity index (χ0n) is 15.1. The minimum absolute atomic E-state index is 0.0118. The zero-order valence-corrected chi connectivity index (χ0v) is 16.7. The Labute approximate surface area is 176 Å². The molecule has 0 unspecified atom stereocenters. The Bertz CT molecular complexity index is 1090. The summed E-state index contributed by atoms with van der Waals surface area (Å²) in [6.45, 7) is 1.71. The van der Waals surface area contributed by atoms with Crippen LogP contribution in [0.5, 0.6) is 0 Å². The number of aromatic nitrogens is 2. The van der Waals surface area contributed by atoms with Crippen LogP contribution in [0.25, 0.3) is 21.5 Å². The Morgan fingerprint density at radius 2 is 1.93 bits per heavy atom. The number of carbonyl (C=O) groups excluding carboxylic acids is 1. The molecule has 1 N–H and O–H groups in total. The average molecular weight is 464 g/mol. The van der Waals surface area contributed by atoms with Gasteiger partial charge in [-0.1, -0.05) is 11.6 Å². The number of thiophene rings is 1. The van der Waals surface area contributed by atoms with Gasteiger partial charge in [-0.15, -0.1) is 11.3 Å². The lowest BCUT2D eigenvalue weighted by Crippen LogP contribution is -2.43. The van der Waals surface area contributed by atoms with Crippen molar-refractivity contribution in [1.82, 2.24) is 14.5 Å². The summed E-state index contributed by atoms with van der Waals surface area (Å²) in [6, 6.07) is 3.71. The molecule has 0 spiro atoms. The van der Waals surface area contributed by atoms with E-state index < -0.39 is 18.0 Å². The zero-order chi connectivity index (χ0) is 22.1. The predicted molar refractivity (Wildman–Crippen MR) is 103 cm³/mol. The van der Waals surface area contributed by atoms with Crippen molar-refractivity contribution in [3.8, 4) is 10.4 Å². The van der Waals surface area contributed by atoms with E-state index in [-0.39, 0.29) is 18.0 Å². The van der Waals surface area contributed by atoms with E-state index in [0.717, 1.165) is 30.0 Å². The number of likely N-dealkylation sites (tertiary alicyclic amines) is 1. The van der Waals surface area contributed by atoms with E-state index in [2.05, 4.69) is 4.98 Å². The average Bonchev–Trinajstić information content (AvgIpc) is 3.17. The molecule has 0 aromatic carbocycles. The maximum absolute atomic E-state index is 14.1. The maximum Gasteiger partial charge on any atom is 0.490 e. The van der Waals surface area contributed by atoms with Crippen LogP contribution in [-0.2, 0) is 16.1 Å². The lowest BCUT2D eigenvalue weighted by atomic mass is 10.2. The van der Waals surface area contributed by atoms with Crippen LogP contribution in [0.2, 0.25) is 5.02 Å². The molecule has 12 heteroatoms. The van der Waals surface area contributed by atoms with Crippen LogP contribution < -0.4 is 0 Å². The molecule has 0 bridgehead atoms. The lowest BCUT2D eigenvalue weighted by molar-refractivity contribution is -0.192. The SMILES string of the molecule is O=C(Cn1cc(F)c2ncc(-c3cc(Cl)cs3)cc21)N1CCC1.O=C(O)C(F)(F)F. The molecular weight excluding hydrogens is 450 g/mol. The molecule has 1 fully saturated rings. The van der Waals surface area contributed by atoms with Crippen LogP contribution in [-0.4, -0.2) is 50.7 Å². The van der Waals surface area contributed by atoms with Crippen LogP contribution in [0.1, 0.15) is 6.42 Å². The monoisotopic (exact) mass is 463 g/mol. The van der Waals surface area contributed by atoms with Crippen molar-refractivity contribution in [2.45, 2.75) is 19.1 Å². The number of hydrogen-bond donors (Lipinski definition) is 1. The summed E-state index contributed by atoms with van der Waals surface area (Å²) in [5.74, 6) is -3.16. The van der Waals surface area contributed by atoms with Crippen LogP contribution in [0.4, 0.5) is 17.6 Å². The van der Waals surface area contributed by atoms with Crippen LogP contribution in [0.3, 0.4) is 0 Å². The van der Waals surface area contributed by atoms with Crippen molar-refractivity contribution in [1.29, 1.82) is 0 Å². The second-order valence-electron chi connectivity index (χ2n) is 6.36. The predicted octanol–water partition coefficient (Wildman–Crippen LogP) is 4.42. The summed E-state index contributed by atoms with van der Waals surface area (Å²) in [6.07, 6.45) is -1.06. The number of rotatable bonds is 3. The van der Waals surface area contributed by atoms with Crippen molar-refractivity contribution in [2.24, 2.45) is 0 Å². The smallest absolute Gasteiger partial charge is 0.475 e. The first-order chi connectivity index (χ1) is 14.1. The molecule has 3 aromatic rings. The Morgan fingerprint density at radius 3 is 2.43 bits per heavy atom. The highest BCUT2D eigenvalue weighted by molar-refractivity contribution is 7.14. The van der Waals surface area contributed by atoms with Crippen molar-refractivity contribution < 1.29 is 32.3 Å². The van der Waals surface area contributed by atoms with E-state index in [1.165, 1.54) is 17.5 Å². The van der Waals surface area contributed by atoms with E-state index >= 15 is 0 Å². The fraction of sp³-hybridized carbons (Fsp3) is 0.278. The number of alkyl halides is 3. The standard InChI is InChI=1S/C16H13ClFN3OS.C2HF3O2/c17-11-5-14(23-9-11)10-4-13-16(19-6-10)12(18)7-21(13)8-15(22)20-2-1-3-20;3-2(4,5)1(6)7/h4-7,9H,1-3,8H2;(H,6,7). The number of halogens is 5. The highest BCUT2D eigenvalue weighted by atomic mass is 35.5. The van der Waals surface area contributed by atoms with Gasteiger partial charge in [0.1, 0.15) is 12.1 Å². The minimum Gasteiger partial charge on any atom is -0.475 e. The third-order valence-electron chi connectivity index (χ3n) is 4.28. The maximum atomic E-state index is 14.1. The van der Waals surface area contributed by atoms with Crippen LogP contribution in [0, 0.1) is 5.82 Å². The molecule has 0 aliphatic carbocycles. The topological polar surface area (TPSA) is 75.4 Å². The third kappa shape index (κ3) is 4.90. The van der Waals surface area contributed by atoms with Gasteiger partial charge in [-0.05, 0) is 18.6 Å². The molecule has 4 heterocycles. The van der Waals surface area contributed by atoms with Gasteiger partial charge in [-0.3, -0.25) is 9.78 Å². The van der Waals surface area contributed by atoms with Gasteiger partial charge in [0.05, 0.1) is 10.5 Å². The summed E-state index contributed by atoms with van der Waals surface area (Å²) in [5.41, 5.74) is 1.77. The number of amides is 1. The Balaban J connectivity index is 0.000000318. The second-order valence-corrected chi connectivity index (χ2v) is 7.71. The van der Waals surface area contributed by atoms with Gasteiger partial charge in [0.2, 0.25) is 5.91 Å². The summed E-state index contributed by atoms with van der Waals surface area (Å²) < 4.78 is 47.4. The fourth-order valence-electron chi connectivity index (χ4n) is 2.66. The summed E-state index contributed by atoms with van der Waals surface area (Å²) >= 11 is 7.47. The van der Waals surface area contributed by atoms with Gasteiger partial charge >= 0.3 is 12.1 Å². The number of aliphatic carboxylic acids is 1. The number of nitrogens with zero attached hydrogens (tertiary/aromatic N) is 3. The number of carboxylic acid groups (broad SMARTS) is 1. The van der Waals surface area contributed by atoms with Crippen molar-refractivity contribution in [3.05, 3.63) is 40.7 Å². The third-order valence-corrected chi connectivity index (χ3v) is 5.61. The van der Waals surface area contributed by atoms with E-state index in [9.17, 15) is 22.4 Å². The van der Waals surface area contributed by atoms with Crippen molar-refractivity contribution in [3.63, 3.8) is 0 Å². The number of pyridine rings is 1. The molecule has 1 aliphatic rings. The van der Waals surface area contributed by atoms with Gasteiger partial charge in [0.25, 0.3) is 0 Å². The molecular formula is C18H14ClF4N3O3S. The first kappa shape index (κ1) is 22.0. The largest absolute Gasteiger partial charge is 0.490 e. The van der Waals surface area contributed by atoms with Crippen molar-refractivity contribution >= 4 is 45.8 Å². The second kappa shape index (κ2) is 8.60. The summed E-state index contributed by atoms with van der Waals surface area (Å²) in [5, 5.41) is 9.63. The summed E-state index contributed by atoms with van der Waals surface area (Å²) in [4.78, 5) is 28.0. The molecule has 1 saturated heterocycles. The first-order valence-electron chi connectivity index (χ1n) is 8.53. The summed E-state index contributed by atoms with van der Waals surface area (Å²) in [7, 11) is 0. The molecule has 0 atom stereocenters. The molecule has 30 heavy (non-hydrogen) atoms. The van der Waals surface area contributed by atoms with Crippen molar-refractivity contribution in [2.75, 3.05) is 13.1 Å². The normalized spacial score (nSPS) is 13.6. The molecule has 0 radical (unpaired) electrons. The molecule has 160 valence electrons. The fourth-order valence-corrected chi connectivity index (χ4v) is 3.72. The lowest BCUT2D eigenvalue weighted by Gasteiger charge is -2.31. The number of carboxylic acids is 1. The Morgan fingerprint density at radius 1 is 1.27 bits per heavy atom. The Kier molecular flexibility index (Phi) is 6.32. The minimum atomic E-state index is -5.08. The molecule has 0 saturated carbocycles.